The Kier molecular flexibility index (Phi) is 5.15. The Balaban J connectivity index is 1.85. The summed E-state index contributed by atoms with van der Waals surface area (Å²) >= 11 is 0. The Bertz CT molecular complexity index is 615. The zero-order valence-electron chi connectivity index (χ0n) is 11.7. The number of ether oxygens (including phenoxy) is 1. The SMILES string of the molecule is C=CCCOCCNC(C)c1ccc2[nH]c(=O)[nH]c2c1. The lowest BCUT2D eigenvalue weighted by Crippen LogP contribution is -2.23. The topological polar surface area (TPSA) is 69.9 Å². The molecule has 108 valence electrons. The molecule has 0 spiro atoms. The van der Waals surface area contributed by atoms with Crippen LogP contribution >= 0.6 is 0 Å². The quantitative estimate of drug-likeness (QED) is 0.510. The maximum atomic E-state index is 11.2. The normalized spacial score (nSPS) is 12.7. The summed E-state index contributed by atoms with van der Waals surface area (Å²) in [7, 11) is 0. The number of hydrogen-bond acceptors (Lipinski definition) is 3. The molecule has 5 heteroatoms. The summed E-state index contributed by atoms with van der Waals surface area (Å²) in [6, 6.07) is 6.13. The summed E-state index contributed by atoms with van der Waals surface area (Å²) in [6.45, 7) is 7.93. The molecule has 0 saturated carbocycles. The first-order valence-corrected chi connectivity index (χ1v) is 6.84. The standard InChI is InChI=1S/C15H21N3O2/c1-3-4-8-20-9-7-16-11(2)12-5-6-13-14(10-12)18-15(19)17-13/h3,5-6,10-11,16H,1,4,7-9H2,2H3,(H2,17,18,19). The smallest absolute Gasteiger partial charge is 0.323 e. The molecule has 1 aromatic heterocycles. The molecular weight excluding hydrogens is 254 g/mol. The number of rotatable bonds is 8. The van der Waals surface area contributed by atoms with Crippen LogP contribution in [0, 0.1) is 0 Å². The molecule has 0 fully saturated rings. The van der Waals surface area contributed by atoms with Gasteiger partial charge in [0.1, 0.15) is 0 Å². The van der Waals surface area contributed by atoms with E-state index in [9.17, 15) is 4.79 Å². The van der Waals surface area contributed by atoms with Crippen molar-refractivity contribution in [3.05, 3.63) is 46.9 Å². The van der Waals surface area contributed by atoms with Gasteiger partial charge in [0, 0.05) is 12.6 Å². The lowest BCUT2D eigenvalue weighted by atomic mass is 10.1. The highest BCUT2D eigenvalue weighted by atomic mass is 16.5. The van der Waals surface area contributed by atoms with Crippen LogP contribution in [0.2, 0.25) is 0 Å². The van der Waals surface area contributed by atoms with Gasteiger partial charge in [-0.15, -0.1) is 6.58 Å². The molecule has 0 saturated heterocycles. The van der Waals surface area contributed by atoms with E-state index >= 15 is 0 Å². The summed E-state index contributed by atoms with van der Waals surface area (Å²) in [4.78, 5) is 16.7. The van der Waals surface area contributed by atoms with Crippen molar-refractivity contribution < 1.29 is 4.74 Å². The van der Waals surface area contributed by atoms with Crippen LogP contribution in [0.4, 0.5) is 0 Å². The van der Waals surface area contributed by atoms with E-state index < -0.39 is 0 Å². The van der Waals surface area contributed by atoms with Crippen molar-refractivity contribution in [3.63, 3.8) is 0 Å². The zero-order chi connectivity index (χ0) is 14.4. The second-order valence-electron chi connectivity index (χ2n) is 4.75. The second-order valence-corrected chi connectivity index (χ2v) is 4.75. The van der Waals surface area contributed by atoms with Crippen molar-refractivity contribution in [2.45, 2.75) is 19.4 Å². The first kappa shape index (κ1) is 14.6. The van der Waals surface area contributed by atoms with Gasteiger partial charge < -0.3 is 20.0 Å². The highest BCUT2D eigenvalue weighted by Gasteiger charge is 2.06. The number of nitrogens with one attached hydrogen (secondary N) is 3. The van der Waals surface area contributed by atoms with Crippen LogP contribution in [0.5, 0.6) is 0 Å². The van der Waals surface area contributed by atoms with Gasteiger partial charge in [0.05, 0.1) is 24.2 Å². The van der Waals surface area contributed by atoms with Gasteiger partial charge in [-0.05, 0) is 31.0 Å². The first-order chi connectivity index (χ1) is 9.70. The van der Waals surface area contributed by atoms with Gasteiger partial charge in [-0.25, -0.2) is 4.79 Å². The van der Waals surface area contributed by atoms with Gasteiger partial charge in [-0.2, -0.15) is 0 Å². The van der Waals surface area contributed by atoms with Gasteiger partial charge >= 0.3 is 5.69 Å². The lowest BCUT2D eigenvalue weighted by Gasteiger charge is -2.14. The number of hydrogen-bond donors (Lipinski definition) is 3. The minimum absolute atomic E-state index is 0.173. The van der Waals surface area contributed by atoms with Crippen LogP contribution in [0.1, 0.15) is 24.9 Å². The molecule has 0 aliphatic carbocycles. The molecule has 0 aliphatic rings. The summed E-state index contributed by atoms with van der Waals surface area (Å²) in [5.41, 5.74) is 2.63. The van der Waals surface area contributed by atoms with Crippen molar-refractivity contribution in [2.24, 2.45) is 0 Å². The van der Waals surface area contributed by atoms with Crippen molar-refractivity contribution >= 4 is 11.0 Å². The molecule has 1 heterocycles. The van der Waals surface area contributed by atoms with Crippen LogP contribution in [-0.4, -0.2) is 29.7 Å². The van der Waals surface area contributed by atoms with Crippen LogP contribution in [0.15, 0.2) is 35.6 Å². The lowest BCUT2D eigenvalue weighted by molar-refractivity contribution is 0.138. The fraction of sp³-hybridized carbons (Fsp3) is 0.400. The van der Waals surface area contributed by atoms with Crippen molar-refractivity contribution in [3.8, 4) is 0 Å². The molecule has 20 heavy (non-hydrogen) atoms. The number of aromatic amines is 2. The number of aromatic nitrogens is 2. The Morgan fingerprint density at radius 3 is 2.95 bits per heavy atom. The number of imidazole rings is 1. The molecule has 5 nitrogen and oxygen atoms in total. The molecule has 0 amide bonds. The molecule has 2 rings (SSSR count). The van der Waals surface area contributed by atoms with E-state index in [1.807, 2.05) is 24.3 Å². The molecule has 0 radical (unpaired) electrons. The highest BCUT2D eigenvalue weighted by Crippen LogP contribution is 2.16. The highest BCUT2D eigenvalue weighted by molar-refractivity contribution is 5.75. The van der Waals surface area contributed by atoms with Crippen LogP contribution in [-0.2, 0) is 4.74 Å². The Morgan fingerprint density at radius 2 is 2.15 bits per heavy atom. The van der Waals surface area contributed by atoms with Crippen LogP contribution < -0.4 is 11.0 Å². The van der Waals surface area contributed by atoms with Crippen LogP contribution in [0.25, 0.3) is 11.0 Å². The summed E-state index contributed by atoms with van der Waals surface area (Å²) < 4.78 is 5.45. The van der Waals surface area contributed by atoms with Gasteiger partial charge in [-0.3, -0.25) is 0 Å². The van der Waals surface area contributed by atoms with Crippen molar-refractivity contribution in [1.29, 1.82) is 0 Å². The summed E-state index contributed by atoms with van der Waals surface area (Å²) in [6.07, 6.45) is 2.73. The average Bonchev–Trinajstić information content (AvgIpc) is 2.81. The fourth-order valence-corrected chi connectivity index (χ4v) is 2.05. The van der Waals surface area contributed by atoms with Crippen LogP contribution in [0.3, 0.4) is 0 Å². The molecule has 1 unspecified atom stereocenters. The van der Waals surface area contributed by atoms with E-state index in [0.29, 0.717) is 6.61 Å². The third-order valence-electron chi connectivity index (χ3n) is 3.20. The van der Waals surface area contributed by atoms with Crippen molar-refractivity contribution in [2.75, 3.05) is 19.8 Å². The van der Waals surface area contributed by atoms with E-state index in [1.54, 1.807) is 0 Å². The Labute approximate surface area is 118 Å². The van der Waals surface area contributed by atoms with E-state index in [2.05, 4.69) is 28.8 Å². The molecule has 1 atom stereocenters. The predicted octanol–water partition coefficient (Wildman–Crippen LogP) is 2.10. The molecule has 2 aromatic rings. The predicted molar refractivity (Wildman–Crippen MR) is 81.0 cm³/mol. The largest absolute Gasteiger partial charge is 0.380 e. The summed E-state index contributed by atoms with van der Waals surface area (Å²) in [5.74, 6) is 0. The van der Waals surface area contributed by atoms with E-state index in [4.69, 9.17) is 4.74 Å². The summed E-state index contributed by atoms with van der Waals surface area (Å²) in [5, 5.41) is 3.39. The monoisotopic (exact) mass is 275 g/mol. The third kappa shape index (κ3) is 3.82. The minimum Gasteiger partial charge on any atom is -0.380 e. The number of fused-ring (bicyclic) bond motifs is 1. The van der Waals surface area contributed by atoms with E-state index in [1.165, 1.54) is 0 Å². The van der Waals surface area contributed by atoms with Gasteiger partial charge in [0.25, 0.3) is 0 Å². The van der Waals surface area contributed by atoms with Crippen molar-refractivity contribution in [1.82, 2.24) is 15.3 Å². The average molecular weight is 275 g/mol. The van der Waals surface area contributed by atoms with Gasteiger partial charge in [0.2, 0.25) is 0 Å². The maximum absolute atomic E-state index is 11.2. The maximum Gasteiger partial charge on any atom is 0.323 e. The zero-order valence-corrected chi connectivity index (χ0v) is 11.7. The second kappa shape index (κ2) is 7.07. The molecule has 3 N–H and O–H groups in total. The first-order valence-electron chi connectivity index (χ1n) is 6.84. The minimum atomic E-state index is -0.173. The van der Waals surface area contributed by atoms with Gasteiger partial charge in [0.15, 0.2) is 0 Å². The Hall–Kier alpha value is -1.85. The molecule has 0 aliphatic heterocycles. The Morgan fingerprint density at radius 1 is 1.35 bits per heavy atom. The molecular formula is C15H21N3O2. The molecule has 0 bridgehead atoms. The third-order valence-corrected chi connectivity index (χ3v) is 3.20. The van der Waals surface area contributed by atoms with E-state index in [0.717, 1.165) is 36.2 Å². The number of H-pyrrole nitrogens is 2. The number of benzene rings is 1. The van der Waals surface area contributed by atoms with Gasteiger partial charge in [-0.1, -0.05) is 12.1 Å². The molecule has 1 aromatic carbocycles. The fourth-order valence-electron chi connectivity index (χ4n) is 2.05. The van der Waals surface area contributed by atoms with E-state index in [-0.39, 0.29) is 11.7 Å².